The fraction of sp³-hybridized carbons (Fsp3) is 0.615. The predicted octanol–water partition coefficient (Wildman–Crippen LogP) is 3.49. The van der Waals surface area contributed by atoms with Gasteiger partial charge in [-0.3, -0.25) is 4.79 Å². The van der Waals surface area contributed by atoms with Crippen molar-refractivity contribution >= 4 is 5.97 Å². The van der Waals surface area contributed by atoms with Crippen LogP contribution in [0.25, 0.3) is 0 Å². The minimum Gasteiger partial charge on any atom is -0.458 e. The highest BCUT2D eigenvalue weighted by atomic mass is 16.5. The second kappa shape index (κ2) is 8.27. The molecule has 1 atom stereocenters. The zero-order valence-electron chi connectivity index (χ0n) is 10.2. The van der Waals surface area contributed by atoms with Crippen LogP contribution in [0.2, 0.25) is 0 Å². The summed E-state index contributed by atoms with van der Waals surface area (Å²) in [4.78, 5) is 10.8. The highest BCUT2D eigenvalue weighted by Gasteiger charge is 2.11. The molecule has 0 aromatic rings. The summed E-state index contributed by atoms with van der Waals surface area (Å²) in [7, 11) is 0. The lowest BCUT2D eigenvalue weighted by molar-refractivity contribution is -0.145. The van der Waals surface area contributed by atoms with Gasteiger partial charge in [0.05, 0.1) is 0 Å². The standard InChI is InChI=1S/C13H22O2/c1-5-6-7-8-9-10-13(11(2)3)15-12(4)14/h5-6,9-11,13H,7-8H2,1-4H3. The van der Waals surface area contributed by atoms with E-state index in [1.807, 2.05) is 32.9 Å². The minimum absolute atomic E-state index is 0.0897. The summed E-state index contributed by atoms with van der Waals surface area (Å²) in [6.07, 6.45) is 10.2. The number of carbonyl (C=O) groups is 1. The van der Waals surface area contributed by atoms with Gasteiger partial charge in [0.1, 0.15) is 6.10 Å². The molecule has 1 unspecified atom stereocenters. The monoisotopic (exact) mass is 210 g/mol. The maximum Gasteiger partial charge on any atom is 0.303 e. The number of unbranched alkanes of at least 4 members (excludes halogenated alkanes) is 1. The van der Waals surface area contributed by atoms with E-state index < -0.39 is 0 Å². The van der Waals surface area contributed by atoms with Crippen molar-refractivity contribution in [3.8, 4) is 0 Å². The molecule has 2 heteroatoms. The number of ether oxygens (including phenoxy) is 1. The zero-order valence-corrected chi connectivity index (χ0v) is 10.2. The van der Waals surface area contributed by atoms with E-state index in [1.165, 1.54) is 6.92 Å². The quantitative estimate of drug-likeness (QED) is 0.381. The second-order valence-corrected chi connectivity index (χ2v) is 3.89. The van der Waals surface area contributed by atoms with Crippen LogP contribution in [0.1, 0.15) is 40.5 Å². The van der Waals surface area contributed by atoms with Gasteiger partial charge in [-0.15, -0.1) is 0 Å². The number of hydrogen-bond acceptors (Lipinski definition) is 2. The van der Waals surface area contributed by atoms with Gasteiger partial charge in [-0.1, -0.05) is 32.1 Å². The first-order chi connectivity index (χ1) is 7.07. The molecule has 0 heterocycles. The van der Waals surface area contributed by atoms with Crippen LogP contribution in [-0.4, -0.2) is 12.1 Å². The van der Waals surface area contributed by atoms with Gasteiger partial charge in [0, 0.05) is 6.92 Å². The van der Waals surface area contributed by atoms with Crippen LogP contribution in [0.3, 0.4) is 0 Å². The molecule has 0 aromatic carbocycles. The lowest BCUT2D eigenvalue weighted by Gasteiger charge is -2.16. The van der Waals surface area contributed by atoms with Crippen LogP contribution in [-0.2, 0) is 9.53 Å². The molecule has 0 aromatic heterocycles. The van der Waals surface area contributed by atoms with Gasteiger partial charge in [0.2, 0.25) is 0 Å². The number of carbonyl (C=O) groups excluding carboxylic acids is 1. The second-order valence-electron chi connectivity index (χ2n) is 3.89. The highest BCUT2D eigenvalue weighted by Crippen LogP contribution is 2.09. The fourth-order valence-electron chi connectivity index (χ4n) is 1.18. The zero-order chi connectivity index (χ0) is 11.7. The number of rotatable bonds is 6. The van der Waals surface area contributed by atoms with Crippen LogP contribution in [0.4, 0.5) is 0 Å². The Morgan fingerprint density at radius 2 is 1.87 bits per heavy atom. The molecule has 15 heavy (non-hydrogen) atoms. The molecule has 0 saturated carbocycles. The predicted molar refractivity (Wildman–Crippen MR) is 63.6 cm³/mol. The Kier molecular flexibility index (Phi) is 7.69. The molecular formula is C13H22O2. The van der Waals surface area contributed by atoms with Crippen molar-refractivity contribution in [2.45, 2.75) is 46.6 Å². The number of esters is 1. The van der Waals surface area contributed by atoms with Crippen LogP contribution in [0, 0.1) is 5.92 Å². The van der Waals surface area contributed by atoms with E-state index in [2.05, 4.69) is 12.2 Å². The Morgan fingerprint density at radius 3 is 2.33 bits per heavy atom. The van der Waals surface area contributed by atoms with Crippen molar-refractivity contribution in [1.82, 2.24) is 0 Å². The van der Waals surface area contributed by atoms with Gasteiger partial charge in [-0.05, 0) is 31.8 Å². The molecule has 86 valence electrons. The van der Waals surface area contributed by atoms with E-state index in [0.717, 1.165) is 12.8 Å². The first-order valence-electron chi connectivity index (χ1n) is 5.53. The largest absolute Gasteiger partial charge is 0.458 e. The highest BCUT2D eigenvalue weighted by molar-refractivity contribution is 5.66. The Balaban J connectivity index is 3.98. The molecule has 2 nitrogen and oxygen atoms in total. The summed E-state index contributed by atoms with van der Waals surface area (Å²) >= 11 is 0. The molecule has 0 fully saturated rings. The topological polar surface area (TPSA) is 26.3 Å². The van der Waals surface area contributed by atoms with Gasteiger partial charge in [0.15, 0.2) is 0 Å². The van der Waals surface area contributed by atoms with E-state index in [9.17, 15) is 4.79 Å². The maximum atomic E-state index is 10.8. The Hall–Kier alpha value is -1.05. The lowest BCUT2D eigenvalue weighted by Crippen LogP contribution is -2.19. The van der Waals surface area contributed by atoms with Gasteiger partial charge < -0.3 is 4.74 Å². The molecule has 0 aliphatic heterocycles. The van der Waals surface area contributed by atoms with E-state index in [-0.39, 0.29) is 12.1 Å². The van der Waals surface area contributed by atoms with Gasteiger partial charge in [0.25, 0.3) is 0 Å². The van der Waals surface area contributed by atoms with E-state index in [4.69, 9.17) is 4.74 Å². The van der Waals surface area contributed by atoms with Gasteiger partial charge >= 0.3 is 5.97 Å². The van der Waals surface area contributed by atoms with Crippen molar-refractivity contribution in [2.24, 2.45) is 5.92 Å². The molecule has 0 rings (SSSR count). The molecule has 0 radical (unpaired) electrons. The van der Waals surface area contributed by atoms with Crippen LogP contribution in [0.15, 0.2) is 24.3 Å². The Bertz CT molecular complexity index is 227. The van der Waals surface area contributed by atoms with Crippen molar-refractivity contribution in [2.75, 3.05) is 0 Å². The average Bonchev–Trinajstić information content (AvgIpc) is 2.15. The molecule has 0 aliphatic carbocycles. The fourth-order valence-corrected chi connectivity index (χ4v) is 1.18. The smallest absolute Gasteiger partial charge is 0.303 e. The molecule has 0 N–H and O–H groups in total. The van der Waals surface area contributed by atoms with Crippen LogP contribution in [0.5, 0.6) is 0 Å². The average molecular weight is 210 g/mol. The minimum atomic E-state index is -0.216. The summed E-state index contributed by atoms with van der Waals surface area (Å²) in [5, 5.41) is 0. The summed E-state index contributed by atoms with van der Waals surface area (Å²) in [6.45, 7) is 7.55. The third kappa shape index (κ3) is 7.98. The van der Waals surface area contributed by atoms with Gasteiger partial charge in [-0.25, -0.2) is 0 Å². The van der Waals surface area contributed by atoms with Crippen molar-refractivity contribution in [1.29, 1.82) is 0 Å². The molecule has 0 spiro atoms. The SMILES string of the molecule is CC=CCCC=CC(OC(C)=O)C(C)C. The molecule has 0 saturated heterocycles. The van der Waals surface area contributed by atoms with Crippen molar-refractivity contribution < 1.29 is 9.53 Å². The number of hydrogen-bond donors (Lipinski definition) is 0. The summed E-state index contributed by atoms with van der Waals surface area (Å²) in [5.41, 5.74) is 0. The van der Waals surface area contributed by atoms with E-state index in [0.29, 0.717) is 5.92 Å². The number of allylic oxidation sites excluding steroid dienone is 3. The Labute approximate surface area is 93.0 Å². The first-order valence-corrected chi connectivity index (χ1v) is 5.53. The summed E-state index contributed by atoms with van der Waals surface area (Å²) in [5.74, 6) is 0.110. The summed E-state index contributed by atoms with van der Waals surface area (Å²) in [6, 6.07) is 0. The molecule has 0 bridgehead atoms. The maximum absolute atomic E-state index is 10.8. The van der Waals surface area contributed by atoms with Crippen molar-refractivity contribution in [3.63, 3.8) is 0 Å². The third-order valence-electron chi connectivity index (χ3n) is 2.02. The van der Waals surface area contributed by atoms with Gasteiger partial charge in [-0.2, -0.15) is 0 Å². The normalized spacial score (nSPS) is 13.9. The van der Waals surface area contributed by atoms with E-state index >= 15 is 0 Å². The molecular weight excluding hydrogens is 188 g/mol. The first kappa shape index (κ1) is 13.9. The summed E-state index contributed by atoms with van der Waals surface area (Å²) < 4.78 is 5.17. The van der Waals surface area contributed by atoms with Crippen molar-refractivity contribution in [3.05, 3.63) is 24.3 Å². The third-order valence-corrected chi connectivity index (χ3v) is 2.02. The Morgan fingerprint density at radius 1 is 1.27 bits per heavy atom. The van der Waals surface area contributed by atoms with Crippen LogP contribution < -0.4 is 0 Å². The van der Waals surface area contributed by atoms with Crippen LogP contribution >= 0.6 is 0 Å². The van der Waals surface area contributed by atoms with E-state index in [1.54, 1.807) is 0 Å². The molecule has 0 aliphatic rings. The molecule has 0 amide bonds. The lowest BCUT2D eigenvalue weighted by atomic mass is 10.1.